The van der Waals surface area contributed by atoms with Gasteiger partial charge in [0.1, 0.15) is 0 Å². The van der Waals surface area contributed by atoms with E-state index in [0.29, 0.717) is 6.04 Å². The summed E-state index contributed by atoms with van der Waals surface area (Å²) in [6.45, 7) is 7.56. The standard InChI is InChI=1S/C16H22Cl2N2/c1-16(2)10-20(15(8-19-16)11-3-4-11)9-12-7-13(17)5-6-14(12)18/h5-7,11,15,19H,3-4,8-10H2,1-2H3. The first-order valence-corrected chi connectivity index (χ1v) is 8.13. The van der Waals surface area contributed by atoms with Crippen molar-refractivity contribution in [3.8, 4) is 0 Å². The van der Waals surface area contributed by atoms with Crippen LogP contribution < -0.4 is 5.32 Å². The van der Waals surface area contributed by atoms with Crippen LogP contribution in [0.5, 0.6) is 0 Å². The minimum Gasteiger partial charge on any atom is -0.309 e. The summed E-state index contributed by atoms with van der Waals surface area (Å²) in [5, 5.41) is 5.26. The van der Waals surface area contributed by atoms with Crippen LogP contribution >= 0.6 is 23.2 Å². The van der Waals surface area contributed by atoms with E-state index in [1.54, 1.807) is 0 Å². The third kappa shape index (κ3) is 3.30. The molecule has 3 rings (SSSR count). The number of piperazine rings is 1. The highest BCUT2D eigenvalue weighted by atomic mass is 35.5. The highest BCUT2D eigenvalue weighted by Crippen LogP contribution is 2.38. The van der Waals surface area contributed by atoms with Gasteiger partial charge in [0.05, 0.1) is 0 Å². The lowest BCUT2D eigenvalue weighted by atomic mass is 9.96. The molecular formula is C16H22Cl2N2. The van der Waals surface area contributed by atoms with Gasteiger partial charge in [0.2, 0.25) is 0 Å². The van der Waals surface area contributed by atoms with Gasteiger partial charge in [0.15, 0.2) is 0 Å². The SMILES string of the molecule is CC1(C)CN(Cc2cc(Cl)ccc2Cl)C(C2CC2)CN1. The zero-order valence-corrected chi connectivity index (χ0v) is 13.6. The summed E-state index contributed by atoms with van der Waals surface area (Å²) < 4.78 is 0. The maximum atomic E-state index is 6.33. The van der Waals surface area contributed by atoms with Crippen molar-refractivity contribution in [3.63, 3.8) is 0 Å². The molecule has 20 heavy (non-hydrogen) atoms. The van der Waals surface area contributed by atoms with Crippen LogP contribution in [0.25, 0.3) is 0 Å². The number of halogens is 2. The molecule has 0 aromatic heterocycles. The molecule has 1 unspecified atom stereocenters. The van der Waals surface area contributed by atoms with Crippen LogP contribution in [-0.2, 0) is 6.54 Å². The topological polar surface area (TPSA) is 15.3 Å². The largest absolute Gasteiger partial charge is 0.309 e. The van der Waals surface area contributed by atoms with Crippen molar-refractivity contribution < 1.29 is 0 Å². The lowest BCUT2D eigenvalue weighted by molar-refractivity contribution is 0.0760. The molecule has 1 saturated carbocycles. The van der Waals surface area contributed by atoms with E-state index in [9.17, 15) is 0 Å². The normalized spacial score (nSPS) is 26.7. The van der Waals surface area contributed by atoms with Crippen molar-refractivity contribution in [1.82, 2.24) is 10.2 Å². The second-order valence-corrected chi connectivity index (χ2v) is 7.65. The highest BCUT2D eigenvalue weighted by Gasteiger charge is 2.40. The summed E-state index contributed by atoms with van der Waals surface area (Å²) in [4.78, 5) is 2.59. The van der Waals surface area contributed by atoms with Gasteiger partial charge in [-0.1, -0.05) is 23.2 Å². The molecule has 4 heteroatoms. The van der Waals surface area contributed by atoms with Gasteiger partial charge in [-0.25, -0.2) is 0 Å². The second kappa shape index (κ2) is 5.49. The summed E-state index contributed by atoms with van der Waals surface area (Å²) in [5.74, 6) is 0.858. The first-order chi connectivity index (χ1) is 9.44. The van der Waals surface area contributed by atoms with Gasteiger partial charge in [-0.2, -0.15) is 0 Å². The number of hydrogen-bond acceptors (Lipinski definition) is 2. The Balaban J connectivity index is 1.79. The molecule has 110 valence electrons. The van der Waals surface area contributed by atoms with Crippen molar-refractivity contribution >= 4 is 23.2 Å². The molecule has 1 N–H and O–H groups in total. The van der Waals surface area contributed by atoms with Gasteiger partial charge in [-0.05, 0) is 56.4 Å². The molecular weight excluding hydrogens is 291 g/mol. The van der Waals surface area contributed by atoms with Gasteiger partial charge >= 0.3 is 0 Å². The molecule has 1 saturated heterocycles. The van der Waals surface area contributed by atoms with Crippen LogP contribution in [0.3, 0.4) is 0 Å². The van der Waals surface area contributed by atoms with Crippen LogP contribution in [0.15, 0.2) is 18.2 Å². The number of hydrogen-bond donors (Lipinski definition) is 1. The average molecular weight is 313 g/mol. The Morgan fingerprint density at radius 1 is 1.30 bits per heavy atom. The summed E-state index contributed by atoms with van der Waals surface area (Å²) in [6.07, 6.45) is 2.74. The first kappa shape index (κ1) is 14.6. The molecule has 0 radical (unpaired) electrons. The molecule has 2 fully saturated rings. The van der Waals surface area contributed by atoms with Crippen molar-refractivity contribution in [2.75, 3.05) is 13.1 Å². The Morgan fingerprint density at radius 3 is 2.75 bits per heavy atom. The van der Waals surface area contributed by atoms with Crippen LogP contribution in [0.1, 0.15) is 32.3 Å². The van der Waals surface area contributed by atoms with Gasteiger partial charge < -0.3 is 5.32 Å². The van der Waals surface area contributed by atoms with Gasteiger partial charge in [0, 0.05) is 41.3 Å². The average Bonchev–Trinajstić information content (AvgIpc) is 3.17. The Hall–Kier alpha value is -0.280. The predicted octanol–water partition coefficient (Wildman–Crippen LogP) is 3.96. The fourth-order valence-electron chi connectivity index (χ4n) is 3.19. The molecule has 1 heterocycles. The number of benzene rings is 1. The molecule has 2 nitrogen and oxygen atoms in total. The maximum Gasteiger partial charge on any atom is 0.0452 e. The Morgan fingerprint density at radius 2 is 2.05 bits per heavy atom. The number of nitrogens with zero attached hydrogens (tertiary/aromatic N) is 1. The quantitative estimate of drug-likeness (QED) is 0.909. The minimum atomic E-state index is 0.163. The van der Waals surface area contributed by atoms with E-state index < -0.39 is 0 Å². The molecule has 1 aliphatic carbocycles. The van der Waals surface area contributed by atoms with E-state index >= 15 is 0 Å². The maximum absolute atomic E-state index is 6.33. The zero-order chi connectivity index (χ0) is 14.3. The second-order valence-electron chi connectivity index (χ2n) is 6.81. The fourth-order valence-corrected chi connectivity index (χ4v) is 3.57. The van der Waals surface area contributed by atoms with Gasteiger partial charge in [-0.15, -0.1) is 0 Å². The van der Waals surface area contributed by atoms with E-state index in [1.165, 1.54) is 12.8 Å². The summed E-state index contributed by atoms with van der Waals surface area (Å²) in [5.41, 5.74) is 1.30. The van der Waals surface area contributed by atoms with Crippen LogP contribution in [-0.4, -0.2) is 29.6 Å². The van der Waals surface area contributed by atoms with Crippen molar-refractivity contribution in [2.24, 2.45) is 5.92 Å². The Labute approximate surface area is 131 Å². The minimum absolute atomic E-state index is 0.163. The van der Waals surface area contributed by atoms with Gasteiger partial charge in [-0.3, -0.25) is 4.90 Å². The third-order valence-electron chi connectivity index (χ3n) is 4.40. The predicted molar refractivity (Wildman–Crippen MR) is 85.5 cm³/mol. The van der Waals surface area contributed by atoms with Crippen molar-refractivity contribution in [3.05, 3.63) is 33.8 Å². The first-order valence-electron chi connectivity index (χ1n) is 7.38. The van der Waals surface area contributed by atoms with Crippen LogP contribution in [0, 0.1) is 5.92 Å². The molecule has 0 spiro atoms. The summed E-state index contributed by atoms with van der Waals surface area (Å²) in [6, 6.07) is 6.40. The van der Waals surface area contributed by atoms with E-state index in [1.807, 2.05) is 18.2 Å². The summed E-state index contributed by atoms with van der Waals surface area (Å²) in [7, 11) is 0. The molecule has 1 atom stereocenters. The van der Waals surface area contributed by atoms with E-state index in [2.05, 4.69) is 24.1 Å². The van der Waals surface area contributed by atoms with Crippen LogP contribution in [0.4, 0.5) is 0 Å². The molecule has 0 amide bonds. The molecule has 2 aliphatic rings. The molecule has 1 aliphatic heterocycles. The molecule has 1 aromatic carbocycles. The zero-order valence-electron chi connectivity index (χ0n) is 12.1. The Kier molecular flexibility index (Phi) is 4.02. The molecule has 1 aromatic rings. The lowest BCUT2D eigenvalue weighted by Gasteiger charge is -2.45. The van der Waals surface area contributed by atoms with Crippen LogP contribution in [0.2, 0.25) is 10.0 Å². The monoisotopic (exact) mass is 312 g/mol. The number of nitrogens with one attached hydrogen (secondary N) is 1. The number of rotatable bonds is 3. The highest BCUT2D eigenvalue weighted by molar-refractivity contribution is 6.33. The fraction of sp³-hybridized carbons (Fsp3) is 0.625. The van der Waals surface area contributed by atoms with Gasteiger partial charge in [0.25, 0.3) is 0 Å². The third-order valence-corrected chi connectivity index (χ3v) is 5.01. The van der Waals surface area contributed by atoms with Crippen molar-refractivity contribution in [2.45, 2.75) is 44.8 Å². The Bertz CT molecular complexity index is 497. The summed E-state index contributed by atoms with van der Waals surface area (Å²) >= 11 is 12.4. The van der Waals surface area contributed by atoms with E-state index in [4.69, 9.17) is 23.2 Å². The van der Waals surface area contributed by atoms with E-state index in [0.717, 1.165) is 41.2 Å². The molecule has 0 bridgehead atoms. The smallest absolute Gasteiger partial charge is 0.0452 e. The van der Waals surface area contributed by atoms with Crippen molar-refractivity contribution in [1.29, 1.82) is 0 Å². The lowest BCUT2D eigenvalue weighted by Crippen LogP contribution is -2.61. The van der Waals surface area contributed by atoms with E-state index in [-0.39, 0.29) is 5.54 Å².